The Kier molecular flexibility index (Phi) is 3.16. The van der Waals surface area contributed by atoms with E-state index in [4.69, 9.17) is 0 Å². The van der Waals surface area contributed by atoms with Gasteiger partial charge >= 0.3 is 0 Å². The summed E-state index contributed by atoms with van der Waals surface area (Å²) < 4.78 is 0. The van der Waals surface area contributed by atoms with E-state index in [-0.39, 0.29) is 0 Å². The molecule has 0 amide bonds. The van der Waals surface area contributed by atoms with E-state index in [1.54, 1.807) is 0 Å². The summed E-state index contributed by atoms with van der Waals surface area (Å²) in [5.41, 5.74) is 0. The first-order chi connectivity index (χ1) is 6.66. The molecule has 1 saturated heterocycles. The van der Waals surface area contributed by atoms with Crippen molar-refractivity contribution in [2.45, 2.75) is 39.5 Å². The van der Waals surface area contributed by atoms with Crippen LogP contribution < -0.4 is 0 Å². The van der Waals surface area contributed by atoms with Crippen molar-refractivity contribution in [2.24, 2.45) is 23.7 Å². The Morgan fingerprint density at radius 3 is 1.93 bits per heavy atom. The SMILES string of the molecule is CC(C)C1CC2CCN(C)CCC2C1. The van der Waals surface area contributed by atoms with Gasteiger partial charge in [-0.3, -0.25) is 0 Å². The standard InChI is InChI=1S/C13H25N/c1-10(2)13-8-11-4-6-14(3)7-5-12(11)9-13/h10-13H,4-9H2,1-3H3. The fraction of sp³-hybridized carbons (Fsp3) is 1.00. The Labute approximate surface area is 88.9 Å². The average Bonchev–Trinajstić information content (AvgIpc) is 2.48. The summed E-state index contributed by atoms with van der Waals surface area (Å²) >= 11 is 0. The molecule has 0 bridgehead atoms. The van der Waals surface area contributed by atoms with Crippen LogP contribution in [0.1, 0.15) is 39.5 Å². The lowest BCUT2D eigenvalue weighted by Crippen LogP contribution is -2.19. The van der Waals surface area contributed by atoms with Crippen LogP contribution in [0, 0.1) is 23.7 Å². The molecule has 2 unspecified atom stereocenters. The molecule has 0 aromatic carbocycles. The number of likely N-dealkylation sites (tertiary alicyclic amines) is 1. The zero-order valence-electron chi connectivity index (χ0n) is 10.00. The van der Waals surface area contributed by atoms with Crippen LogP contribution in [-0.2, 0) is 0 Å². The van der Waals surface area contributed by atoms with Crippen LogP contribution in [0.2, 0.25) is 0 Å². The van der Waals surface area contributed by atoms with Gasteiger partial charge in [0.15, 0.2) is 0 Å². The molecule has 0 N–H and O–H groups in total. The Morgan fingerprint density at radius 1 is 1.00 bits per heavy atom. The fourth-order valence-corrected chi connectivity index (χ4v) is 3.39. The van der Waals surface area contributed by atoms with E-state index in [2.05, 4.69) is 25.8 Å². The molecule has 0 radical (unpaired) electrons. The summed E-state index contributed by atoms with van der Waals surface area (Å²) in [6.45, 7) is 7.49. The zero-order chi connectivity index (χ0) is 10.1. The van der Waals surface area contributed by atoms with E-state index in [1.807, 2.05) is 0 Å². The fourth-order valence-electron chi connectivity index (χ4n) is 3.39. The van der Waals surface area contributed by atoms with E-state index in [9.17, 15) is 0 Å². The molecule has 2 fully saturated rings. The number of hydrogen-bond acceptors (Lipinski definition) is 1. The van der Waals surface area contributed by atoms with Crippen molar-refractivity contribution in [3.63, 3.8) is 0 Å². The van der Waals surface area contributed by atoms with Crippen molar-refractivity contribution in [3.05, 3.63) is 0 Å². The van der Waals surface area contributed by atoms with Gasteiger partial charge in [0.1, 0.15) is 0 Å². The van der Waals surface area contributed by atoms with Gasteiger partial charge in [0.05, 0.1) is 0 Å². The molecule has 14 heavy (non-hydrogen) atoms. The van der Waals surface area contributed by atoms with Crippen molar-refractivity contribution < 1.29 is 0 Å². The topological polar surface area (TPSA) is 3.24 Å². The van der Waals surface area contributed by atoms with Gasteiger partial charge in [-0.25, -0.2) is 0 Å². The largest absolute Gasteiger partial charge is 0.306 e. The third-order valence-corrected chi connectivity index (χ3v) is 4.58. The van der Waals surface area contributed by atoms with Crippen LogP contribution in [0.3, 0.4) is 0 Å². The Morgan fingerprint density at radius 2 is 1.50 bits per heavy atom. The molecule has 82 valence electrons. The van der Waals surface area contributed by atoms with Gasteiger partial charge in [-0.1, -0.05) is 13.8 Å². The number of hydrogen-bond donors (Lipinski definition) is 0. The normalized spacial score (nSPS) is 39.9. The summed E-state index contributed by atoms with van der Waals surface area (Å²) in [6, 6.07) is 0. The molecule has 0 aromatic rings. The lowest BCUT2D eigenvalue weighted by atomic mass is 9.92. The van der Waals surface area contributed by atoms with Crippen LogP contribution in [0.5, 0.6) is 0 Å². The molecular formula is C13H25N. The summed E-state index contributed by atoms with van der Waals surface area (Å²) in [4.78, 5) is 2.52. The summed E-state index contributed by atoms with van der Waals surface area (Å²) in [5.74, 6) is 4.08. The minimum Gasteiger partial charge on any atom is -0.306 e. The molecule has 2 atom stereocenters. The molecule has 1 saturated carbocycles. The lowest BCUT2D eigenvalue weighted by Gasteiger charge is -2.17. The average molecular weight is 195 g/mol. The van der Waals surface area contributed by atoms with Gasteiger partial charge in [-0.2, -0.15) is 0 Å². The van der Waals surface area contributed by atoms with E-state index in [1.165, 1.54) is 38.8 Å². The van der Waals surface area contributed by atoms with E-state index >= 15 is 0 Å². The molecule has 1 heteroatoms. The molecule has 1 aliphatic heterocycles. The first-order valence-electron chi connectivity index (χ1n) is 6.35. The first kappa shape index (κ1) is 10.5. The first-order valence-corrected chi connectivity index (χ1v) is 6.35. The Balaban J connectivity index is 1.93. The monoisotopic (exact) mass is 195 g/mol. The van der Waals surface area contributed by atoms with Crippen LogP contribution in [0.25, 0.3) is 0 Å². The molecule has 1 heterocycles. The van der Waals surface area contributed by atoms with Gasteiger partial charge in [0, 0.05) is 0 Å². The molecule has 1 aliphatic carbocycles. The number of nitrogens with zero attached hydrogens (tertiary/aromatic N) is 1. The van der Waals surface area contributed by atoms with Crippen molar-refractivity contribution in [1.29, 1.82) is 0 Å². The number of rotatable bonds is 1. The lowest BCUT2D eigenvalue weighted by molar-refractivity contribution is 0.315. The molecule has 2 rings (SSSR count). The smallest absolute Gasteiger partial charge is 0.00190 e. The predicted octanol–water partition coefficient (Wildman–Crippen LogP) is 3.01. The highest BCUT2D eigenvalue weighted by Crippen LogP contribution is 2.44. The minimum atomic E-state index is 0.916. The highest BCUT2D eigenvalue weighted by molar-refractivity contribution is 4.87. The van der Waals surface area contributed by atoms with E-state index in [0.717, 1.165) is 23.7 Å². The second-order valence-corrected chi connectivity index (χ2v) is 5.88. The van der Waals surface area contributed by atoms with Gasteiger partial charge in [0.2, 0.25) is 0 Å². The highest BCUT2D eigenvalue weighted by Gasteiger charge is 2.36. The zero-order valence-corrected chi connectivity index (χ0v) is 10.00. The van der Waals surface area contributed by atoms with Gasteiger partial charge in [-0.15, -0.1) is 0 Å². The quantitative estimate of drug-likeness (QED) is 0.621. The third-order valence-electron chi connectivity index (χ3n) is 4.58. The molecule has 0 spiro atoms. The van der Waals surface area contributed by atoms with Crippen LogP contribution in [-0.4, -0.2) is 25.0 Å². The van der Waals surface area contributed by atoms with E-state index < -0.39 is 0 Å². The van der Waals surface area contributed by atoms with Crippen molar-refractivity contribution >= 4 is 0 Å². The van der Waals surface area contributed by atoms with Crippen LogP contribution >= 0.6 is 0 Å². The molecule has 0 aromatic heterocycles. The molecule has 2 aliphatic rings. The van der Waals surface area contributed by atoms with Gasteiger partial charge in [0.25, 0.3) is 0 Å². The van der Waals surface area contributed by atoms with Crippen LogP contribution in [0.4, 0.5) is 0 Å². The van der Waals surface area contributed by atoms with Crippen molar-refractivity contribution in [2.75, 3.05) is 20.1 Å². The second kappa shape index (κ2) is 4.22. The van der Waals surface area contributed by atoms with E-state index in [0.29, 0.717) is 0 Å². The number of fused-ring (bicyclic) bond motifs is 1. The maximum absolute atomic E-state index is 2.52. The van der Waals surface area contributed by atoms with Gasteiger partial charge < -0.3 is 4.90 Å². The summed E-state index contributed by atoms with van der Waals surface area (Å²) in [7, 11) is 2.28. The summed E-state index contributed by atoms with van der Waals surface area (Å²) in [5, 5.41) is 0. The second-order valence-electron chi connectivity index (χ2n) is 5.88. The minimum absolute atomic E-state index is 0.916. The Bertz CT molecular complexity index is 172. The predicted molar refractivity (Wildman–Crippen MR) is 61.3 cm³/mol. The van der Waals surface area contributed by atoms with Crippen molar-refractivity contribution in [3.8, 4) is 0 Å². The van der Waals surface area contributed by atoms with Crippen molar-refractivity contribution in [1.82, 2.24) is 4.90 Å². The summed E-state index contributed by atoms with van der Waals surface area (Å²) in [6.07, 6.45) is 5.97. The molecular weight excluding hydrogens is 170 g/mol. The third kappa shape index (κ3) is 2.13. The van der Waals surface area contributed by atoms with Crippen LogP contribution in [0.15, 0.2) is 0 Å². The highest BCUT2D eigenvalue weighted by atomic mass is 15.1. The maximum Gasteiger partial charge on any atom is -0.00190 e. The maximum atomic E-state index is 2.52. The molecule has 1 nitrogen and oxygen atoms in total. The van der Waals surface area contributed by atoms with Gasteiger partial charge in [-0.05, 0) is 69.5 Å². The Hall–Kier alpha value is -0.0400.